The van der Waals surface area contributed by atoms with Crippen LogP contribution in [0.5, 0.6) is 0 Å². The number of thiophene rings is 1. The standard InChI is InChI=1S/C20H18F5NO3S/c1-3-8-5-6-9-10(7-8)30-19(11(9)20(28)29-4-2)26-18(27)12-13(21)15(23)17(25)16(24)14(12)22/h8H,3-7H2,1-2H3,(H,26,27)/t8-/m1/s1. The summed E-state index contributed by atoms with van der Waals surface area (Å²) in [5.41, 5.74) is -0.876. The molecular formula is C20H18F5NO3S. The van der Waals surface area contributed by atoms with Gasteiger partial charge in [-0.3, -0.25) is 4.79 Å². The SMILES string of the molecule is CCOC(=O)c1c(NC(=O)c2c(F)c(F)c(F)c(F)c2F)sc2c1CC[C@@H](CC)C2. The molecule has 3 rings (SSSR count). The Morgan fingerprint density at radius 2 is 1.60 bits per heavy atom. The van der Waals surface area contributed by atoms with E-state index in [-0.39, 0.29) is 17.2 Å². The monoisotopic (exact) mass is 447 g/mol. The van der Waals surface area contributed by atoms with E-state index < -0.39 is 46.5 Å². The molecule has 2 aromatic rings. The van der Waals surface area contributed by atoms with Crippen LogP contribution in [0.3, 0.4) is 0 Å². The quantitative estimate of drug-likeness (QED) is 0.290. The molecule has 1 heterocycles. The number of benzene rings is 1. The summed E-state index contributed by atoms with van der Waals surface area (Å²) in [6.45, 7) is 3.68. The van der Waals surface area contributed by atoms with Gasteiger partial charge in [-0.1, -0.05) is 13.3 Å². The van der Waals surface area contributed by atoms with Crippen molar-refractivity contribution in [2.24, 2.45) is 5.92 Å². The number of amides is 1. The van der Waals surface area contributed by atoms with Crippen LogP contribution in [0.1, 0.15) is 57.8 Å². The highest BCUT2D eigenvalue weighted by Crippen LogP contribution is 2.41. The zero-order chi connectivity index (χ0) is 22.2. The number of hydrogen-bond acceptors (Lipinski definition) is 4. The van der Waals surface area contributed by atoms with Crippen LogP contribution in [-0.2, 0) is 17.6 Å². The smallest absolute Gasteiger partial charge is 0.341 e. The molecule has 4 nitrogen and oxygen atoms in total. The van der Waals surface area contributed by atoms with Crippen molar-refractivity contribution in [3.63, 3.8) is 0 Å². The fourth-order valence-electron chi connectivity index (χ4n) is 3.48. The van der Waals surface area contributed by atoms with Crippen molar-refractivity contribution in [3.8, 4) is 0 Å². The second kappa shape index (κ2) is 8.71. The van der Waals surface area contributed by atoms with E-state index in [0.717, 1.165) is 29.1 Å². The molecule has 0 bridgehead atoms. The summed E-state index contributed by atoms with van der Waals surface area (Å²) in [5.74, 6) is -13.2. The summed E-state index contributed by atoms with van der Waals surface area (Å²) in [6, 6.07) is 0. The van der Waals surface area contributed by atoms with Gasteiger partial charge in [0.2, 0.25) is 5.82 Å². The molecule has 1 aliphatic rings. The van der Waals surface area contributed by atoms with Gasteiger partial charge < -0.3 is 10.1 Å². The average molecular weight is 447 g/mol. The van der Waals surface area contributed by atoms with Crippen molar-refractivity contribution in [3.05, 3.63) is 50.7 Å². The first-order valence-corrected chi connectivity index (χ1v) is 10.2. The zero-order valence-corrected chi connectivity index (χ0v) is 17.0. The lowest BCUT2D eigenvalue weighted by Gasteiger charge is -2.20. The van der Waals surface area contributed by atoms with Gasteiger partial charge in [-0.15, -0.1) is 11.3 Å². The van der Waals surface area contributed by atoms with Crippen LogP contribution in [0.2, 0.25) is 0 Å². The fourth-order valence-corrected chi connectivity index (χ4v) is 4.82. The molecule has 0 saturated heterocycles. The molecule has 1 aromatic heterocycles. The van der Waals surface area contributed by atoms with E-state index in [1.165, 1.54) is 0 Å². The largest absolute Gasteiger partial charge is 0.462 e. The first-order valence-electron chi connectivity index (χ1n) is 9.35. The zero-order valence-electron chi connectivity index (χ0n) is 16.1. The predicted octanol–water partition coefficient (Wildman–Crippen LogP) is 5.39. The number of anilines is 1. The molecule has 162 valence electrons. The third-order valence-electron chi connectivity index (χ3n) is 5.09. The van der Waals surface area contributed by atoms with Gasteiger partial charge in [-0.2, -0.15) is 0 Å². The van der Waals surface area contributed by atoms with Crippen LogP contribution in [0.15, 0.2) is 0 Å². The number of ether oxygens (including phenoxy) is 1. The van der Waals surface area contributed by atoms with Crippen LogP contribution >= 0.6 is 11.3 Å². The highest BCUT2D eigenvalue weighted by atomic mass is 32.1. The van der Waals surface area contributed by atoms with E-state index in [2.05, 4.69) is 5.32 Å². The molecule has 0 unspecified atom stereocenters. The predicted molar refractivity (Wildman–Crippen MR) is 100 cm³/mol. The number of esters is 1. The van der Waals surface area contributed by atoms with Gasteiger partial charge in [0, 0.05) is 4.88 Å². The van der Waals surface area contributed by atoms with Crippen molar-refractivity contribution in [2.75, 3.05) is 11.9 Å². The van der Waals surface area contributed by atoms with Gasteiger partial charge in [0.1, 0.15) is 10.6 Å². The van der Waals surface area contributed by atoms with E-state index in [9.17, 15) is 31.5 Å². The Kier molecular flexibility index (Phi) is 6.44. The van der Waals surface area contributed by atoms with Gasteiger partial charge >= 0.3 is 5.97 Å². The second-order valence-corrected chi connectivity index (χ2v) is 7.95. The molecule has 10 heteroatoms. The summed E-state index contributed by atoms with van der Waals surface area (Å²) in [4.78, 5) is 25.7. The highest BCUT2D eigenvalue weighted by Gasteiger charge is 2.33. The number of hydrogen-bond donors (Lipinski definition) is 1. The lowest BCUT2D eigenvalue weighted by molar-refractivity contribution is 0.0526. The number of nitrogens with one attached hydrogen (secondary N) is 1. The molecule has 1 aromatic carbocycles. The van der Waals surface area contributed by atoms with Crippen molar-refractivity contribution in [2.45, 2.75) is 39.5 Å². The maximum atomic E-state index is 14.0. The minimum atomic E-state index is -2.36. The molecule has 1 amide bonds. The first-order chi connectivity index (χ1) is 14.2. The van der Waals surface area contributed by atoms with E-state index >= 15 is 0 Å². The summed E-state index contributed by atoms with van der Waals surface area (Å²) in [7, 11) is 0. The molecule has 1 N–H and O–H groups in total. The van der Waals surface area contributed by atoms with Crippen LogP contribution in [-0.4, -0.2) is 18.5 Å². The van der Waals surface area contributed by atoms with Crippen LogP contribution < -0.4 is 5.32 Å². The topological polar surface area (TPSA) is 55.4 Å². The van der Waals surface area contributed by atoms with E-state index in [4.69, 9.17) is 4.74 Å². The highest BCUT2D eigenvalue weighted by molar-refractivity contribution is 7.17. The average Bonchev–Trinajstić information content (AvgIpc) is 3.07. The maximum absolute atomic E-state index is 14.0. The molecule has 1 aliphatic carbocycles. The second-order valence-electron chi connectivity index (χ2n) is 6.84. The Labute approximate surface area is 173 Å². The number of halogens is 5. The van der Waals surface area contributed by atoms with Crippen LogP contribution in [0.4, 0.5) is 27.0 Å². The normalized spacial score (nSPS) is 15.6. The number of fused-ring (bicyclic) bond motifs is 1. The molecule has 0 radical (unpaired) electrons. The minimum Gasteiger partial charge on any atom is -0.462 e. The molecule has 1 atom stereocenters. The van der Waals surface area contributed by atoms with Crippen LogP contribution in [0.25, 0.3) is 0 Å². The number of rotatable bonds is 5. The Bertz CT molecular complexity index is 992. The first kappa shape index (κ1) is 22.2. The van der Waals surface area contributed by atoms with Crippen molar-refractivity contribution >= 4 is 28.2 Å². The Morgan fingerprint density at radius 1 is 1.00 bits per heavy atom. The maximum Gasteiger partial charge on any atom is 0.341 e. The molecule has 0 saturated carbocycles. The number of carbonyl (C=O) groups excluding carboxylic acids is 2. The van der Waals surface area contributed by atoms with Crippen LogP contribution in [0, 0.1) is 35.0 Å². The lowest BCUT2D eigenvalue weighted by atomic mass is 9.85. The van der Waals surface area contributed by atoms with Crippen molar-refractivity contribution in [1.29, 1.82) is 0 Å². The van der Waals surface area contributed by atoms with Gasteiger partial charge in [0.25, 0.3) is 5.91 Å². The van der Waals surface area contributed by atoms with Gasteiger partial charge in [0.15, 0.2) is 23.3 Å². The third kappa shape index (κ3) is 3.80. The van der Waals surface area contributed by atoms with Gasteiger partial charge in [-0.25, -0.2) is 26.7 Å². The summed E-state index contributed by atoms with van der Waals surface area (Å²) < 4.78 is 73.2. The van der Waals surface area contributed by atoms with Gasteiger partial charge in [0.05, 0.1) is 12.2 Å². The molecular weight excluding hydrogens is 429 g/mol. The summed E-state index contributed by atoms with van der Waals surface area (Å²) >= 11 is 1.04. The van der Waals surface area contributed by atoms with E-state index in [0.29, 0.717) is 24.3 Å². The van der Waals surface area contributed by atoms with E-state index in [1.54, 1.807) is 6.92 Å². The fraction of sp³-hybridized carbons (Fsp3) is 0.400. The number of carbonyl (C=O) groups is 2. The third-order valence-corrected chi connectivity index (χ3v) is 6.26. The summed E-state index contributed by atoms with van der Waals surface area (Å²) in [6.07, 6.45) is 2.94. The van der Waals surface area contributed by atoms with Crippen molar-refractivity contribution in [1.82, 2.24) is 0 Å². The van der Waals surface area contributed by atoms with E-state index in [1.807, 2.05) is 6.92 Å². The summed E-state index contributed by atoms with van der Waals surface area (Å²) in [5, 5.41) is 2.12. The molecule has 0 spiro atoms. The Balaban J connectivity index is 2.04. The lowest BCUT2D eigenvalue weighted by Crippen LogP contribution is -2.20. The van der Waals surface area contributed by atoms with Gasteiger partial charge in [-0.05, 0) is 37.7 Å². The Morgan fingerprint density at radius 3 is 2.17 bits per heavy atom. The van der Waals surface area contributed by atoms with Crippen molar-refractivity contribution < 1.29 is 36.3 Å². The molecule has 30 heavy (non-hydrogen) atoms. The Hall–Kier alpha value is -2.49. The molecule has 0 fully saturated rings. The molecule has 0 aliphatic heterocycles. The minimum absolute atomic E-state index is 0.0378.